The summed E-state index contributed by atoms with van der Waals surface area (Å²) in [5, 5.41) is 3.27. The predicted octanol–water partition coefficient (Wildman–Crippen LogP) is 2.68. The van der Waals surface area contributed by atoms with Crippen molar-refractivity contribution < 1.29 is 0 Å². The second-order valence-corrected chi connectivity index (χ2v) is 4.58. The van der Waals surface area contributed by atoms with Crippen LogP contribution in [0.25, 0.3) is 0 Å². The van der Waals surface area contributed by atoms with Gasteiger partial charge in [0.1, 0.15) is 5.82 Å². The molecule has 1 aromatic carbocycles. The van der Waals surface area contributed by atoms with E-state index in [1.807, 2.05) is 0 Å². The van der Waals surface area contributed by atoms with Gasteiger partial charge in [0, 0.05) is 11.9 Å². The van der Waals surface area contributed by atoms with E-state index in [0.717, 1.165) is 12.1 Å². The summed E-state index contributed by atoms with van der Waals surface area (Å²) in [5.74, 6) is 1.05. The van der Waals surface area contributed by atoms with Gasteiger partial charge in [0.05, 0.1) is 0 Å². The Kier molecular flexibility index (Phi) is 2.84. The van der Waals surface area contributed by atoms with Crippen LogP contribution in [0.4, 0.5) is 17.5 Å². The van der Waals surface area contributed by atoms with Crippen molar-refractivity contribution in [2.24, 2.45) is 0 Å². The minimum absolute atomic E-state index is 0.484. The molecular weight excluding hydrogens is 224 g/mol. The number of aryl methyl sites for hydroxylation is 1. The first-order chi connectivity index (χ1) is 8.83. The van der Waals surface area contributed by atoms with E-state index >= 15 is 0 Å². The number of rotatable bonds is 2. The second kappa shape index (κ2) is 4.64. The first kappa shape index (κ1) is 11.0. The van der Waals surface area contributed by atoms with Gasteiger partial charge in [0.25, 0.3) is 0 Å². The normalized spacial score (nSPS) is 14.0. The van der Waals surface area contributed by atoms with Gasteiger partial charge in [0.2, 0.25) is 5.95 Å². The molecule has 4 heteroatoms. The molecule has 0 atom stereocenters. The van der Waals surface area contributed by atoms with E-state index in [9.17, 15) is 0 Å². The van der Waals surface area contributed by atoms with Gasteiger partial charge in [-0.1, -0.05) is 12.1 Å². The molecule has 3 rings (SSSR count). The smallest absolute Gasteiger partial charge is 0.229 e. The van der Waals surface area contributed by atoms with Crippen LogP contribution >= 0.6 is 0 Å². The SMILES string of the molecule is Nc1ccnc(Nc2cccc3c2CCCC3)n1. The summed E-state index contributed by atoms with van der Waals surface area (Å²) in [6, 6.07) is 8.06. The van der Waals surface area contributed by atoms with Crippen molar-refractivity contribution in [1.29, 1.82) is 0 Å². The Morgan fingerprint density at radius 1 is 1.11 bits per heavy atom. The van der Waals surface area contributed by atoms with Gasteiger partial charge >= 0.3 is 0 Å². The molecule has 0 amide bonds. The monoisotopic (exact) mass is 240 g/mol. The highest BCUT2D eigenvalue weighted by molar-refractivity contribution is 5.61. The molecule has 0 aliphatic heterocycles. The second-order valence-electron chi connectivity index (χ2n) is 4.58. The highest BCUT2D eigenvalue weighted by atomic mass is 15.1. The van der Waals surface area contributed by atoms with Gasteiger partial charge in [0.15, 0.2) is 0 Å². The average molecular weight is 240 g/mol. The highest BCUT2D eigenvalue weighted by Crippen LogP contribution is 2.29. The number of nitrogens with two attached hydrogens (primary N) is 1. The molecule has 18 heavy (non-hydrogen) atoms. The molecule has 0 radical (unpaired) electrons. The Morgan fingerprint density at radius 3 is 2.89 bits per heavy atom. The lowest BCUT2D eigenvalue weighted by Crippen LogP contribution is -2.07. The van der Waals surface area contributed by atoms with E-state index in [1.54, 1.807) is 12.3 Å². The molecular formula is C14H16N4. The number of fused-ring (bicyclic) bond motifs is 1. The number of nitrogens with zero attached hydrogens (tertiary/aromatic N) is 2. The van der Waals surface area contributed by atoms with E-state index in [-0.39, 0.29) is 0 Å². The number of hydrogen-bond donors (Lipinski definition) is 2. The van der Waals surface area contributed by atoms with E-state index in [0.29, 0.717) is 11.8 Å². The van der Waals surface area contributed by atoms with Gasteiger partial charge in [-0.2, -0.15) is 4.98 Å². The molecule has 0 unspecified atom stereocenters. The fraction of sp³-hybridized carbons (Fsp3) is 0.286. The summed E-state index contributed by atoms with van der Waals surface area (Å²) < 4.78 is 0. The van der Waals surface area contributed by atoms with Crippen LogP contribution in [-0.4, -0.2) is 9.97 Å². The topological polar surface area (TPSA) is 63.8 Å². The maximum absolute atomic E-state index is 5.66. The fourth-order valence-electron chi connectivity index (χ4n) is 2.45. The molecule has 0 saturated carbocycles. The third-order valence-electron chi connectivity index (χ3n) is 3.32. The lowest BCUT2D eigenvalue weighted by Gasteiger charge is -2.19. The molecule has 0 saturated heterocycles. The molecule has 0 fully saturated rings. The number of nitrogens with one attached hydrogen (secondary N) is 1. The molecule has 4 nitrogen and oxygen atoms in total. The quantitative estimate of drug-likeness (QED) is 0.847. The number of aromatic nitrogens is 2. The third kappa shape index (κ3) is 2.14. The zero-order valence-electron chi connectivity index (χ0n) is 10.2. The zero-order valence-corrected chi connectivity index (χ0v) is 10.2. The average Bonchev–Trinajstić information content (AvgIpc) is 2.39. The van der Waals surface area contributed by atoms with E-state index in [4.69, 9.17) is 5.73 Å². The van der Waals surface area contributed by atoms with E-state index < -0.39 is 0 Å². The van der Waals surface area contributed by atoms with Crippen LogP contribution in [0, 0.1) is 0 Å². The first-order valence-corrected chi connectivity index (χ1v) is 6.29. The molecule has 1 aliphatic carbocycles. The Bertz CT molecular complexity index is 565. The molecule has 92 valence electrons. The molecule has 0 bridgehead atoms. The largest absolute Gasteiger partial charge is 0.384 e. The Labute approximate surface area is 106 Å². The summed E-state index contributed by atoms with van der Waals surface area (Å²) in [7, 11) is 0. The van der Waals surface area contributed by atoms with Crippen molar-refractivity contribution >= 4 is 17.5 Å². The number of nitrogen functional groups attached to an aromatic ring is 1. The minimum atomic E-state index is 0.484. The van der Waals surface area contributed by atoms with Crippen molar-refractivity contribution in [3.63, 3.8) is 0 Å². The number of benzene rings is 1. The fourth-order valence-corrected chi connectivity index (χ4v) is 2.45. The zero-order chi connectivity index (χ0) is 12.4. The van der Waals surface area contributed by atoms with Gasteiger partial charge in [-0.25, -0.2) is 4.98 Å². The number of anilines is 3. The van der Waals surface area contributed by atoms with Gasteiger partial charge in [-0.05, 0) is 48.9 Å². The molecule has 3 N–H and O–H groups in total. The van der Waals surface area contributed by atoms with Crippen molar-refractivity contribution in [3.8, 4) is 0 Å². The van der Waals surface area contributed by atoms with Crippen LogP contribution in [0.15, 0.2) is 30.5 Å². The van der Waals surface area contributed by atoms with Gasteiger partial charge in [-0.15, -0.1) is 0 Å². The lowest BCUT2D eigenvalue weighted by atomic mass is 9.90. The number of hydrogen-bond acceptors (Lipinski definition) is 4. The predicted molar refractivity (Wildman–Crippen MR) is 72.8 cm³/mol. The molecule has 2 aromatic rings. The maximum Gasteiger partial charge on any atom is 0.229 e. The van der Waals surface area contributed by atoms with Crippen LogP contribution in [0.2, 0.25) is 0 Å². The van der Waals surface area contributed by atoms with E-state index in [1.165, 1.54) is 30.4 Å². The summed E-state index contributed by atoms with van der Waals surface area (Å²) in [4.78, 5) is 8.35. The van der Waals surface area contributed by atoms with Crippen LogP contribution in [0.5, 0.6) is 0 Å². The molecule has 1 heterocycles. The summed E-state index contributed by atoms with van der Waals surface area (Å²) in [6.07, 6.45) is 6.50. The van der Waals surface area contributed by atoms with Crippen LogP contribution < -0.4 is 11.1 Å². The van der Waals surface area contributed by atoms with E-state index in [2.05, 4.69) is 33.5 Å². The van der Waals surface area contributed by atoms with Crippen molar-refractivity contribution in [1.82, 2.24) is 9.97 Å². The molecule has 1 aliphatic rings. The van der Waals surface area contributed by atoms with Crippen LogP contribution in [-0.2, 0) is 12.8 Å². The van der Waals surface area contributed by atoms with Gasteiger partial charge < -0.3 is 11.1 Å². The Morgan fingerprint density at radius 2 is 2.00 bits per heavy atom. The lowest BCUT2D eigenvalue weighted by molar-refractivity contribution is 0.687. The van der Waals surface area contributed by atoms with Crippen molar-refractivity contribution in [2.75, 3.05) is 11.1 Å². The van der Waals surface area contributed by atoms with Crippen molar-refractivity contribution in [3.05, 3.63) is 41.6 Å². The first-order valence-electron chi connectivity index (χ1n) is 6.29. The summed E-state index contributed by atoms with van der Waals surface area (Å²) in [5.41, 5.74) is 9.61. The standard InChI is InChI=1S/C14H16N4/c15-13-8-9-16-14(18-13)17-12-7-3-5-10-4-1-2-6-11(10)12/h3,5,7-9H,1-2,4,6H2,(H3,15,16,17,18). The van der Waals surface area contributed by atoms with Gasteiger partial charge in [-0.3, -0.25) is 0 Å². The summed E-state index contributed by atoms with van der Waals surface area (Å²) in [6.45, 7) is 0. The summed E-state index contributed by atoms with van der Waals surface area (Å²) >= 11 is 0. The molecule has 0 spiro atoms. The maximum atomic E-state index is 5.66. The third-order valence-corrected chi connectivity index (χ3v) is 3.32. The minimum Gasteiger partial charge on any atom is -0.384 e. The Balaban J connectivity index is 1.93. The van der Waals surface area contributed by atoms with Crippen LogP contribution in [0.1, 0.15) is 24.0 Å². The highest BCUT2D eigenvalue weighted by Gasteiger charge is 2.13. The van der Waals surface area contributed by atoms with Crippen LogP contribution in [0.3, 0.4) is 0 Å². The van der Waals surface area contributed by atoms with Crippen molar-refractivity contribution in [2.45, 2.75) is 25.7 Å². The Hall–Kier alpha value is -2.10. The molecule has 1 aromatic heterocycles.